The van der Waals surface area contributed by atoms with Gasteiger partial charge in [-0.3, -0.25) is 14.4 Å². The average molecular weight is 320 g/mol. The maximum Gasteiger partial charge on any atom is 0.303 e. The van der Waals surface area contributed by atoms with E-state index in [9.17, 15) is 14.4 Å². The van der Waals surface area contributed by atoms with Crippen LogP contribution < -0.4 is 5.32 Å². The third kappa shape index (κ3) is 6.50. The van der Waals surface area contributed by atoms with Gasteiger partial charge in [0.2, 0.25) is 5.91 Å². The van der Waals surface area contributed by atoms with Gasteiger partial charge in [-0.2, -0.15) is 0 Å². The molecule has 23 heavy (non-hydrogen) atoms. The van der Waals surface area contributed by atoms with Gasteiger partial charge in [0.15, 0.2) is 0 Å². The molecular formula is C17H24N2O4. The molecule has 6 nitrogen and oxygen atoms in total. The van der Waals surface area contributed by atoms with Gasteiger partial charge in [0.25, 0.3) is 5.91 Å². The molecule has 0 aliphatic heterocycles. The number of rotatable bonds is 8. The minimum atomic E-state index is -0.872. The Morgan fingerprint density at radius 1 is 1.17 bits per heavy atom. The van der Waals surface area contributed by atoms with E-state index in [1.807, 2.05) is 26.0 Å². The quantitative estimate of drug-likeness (QED) is 0.716. The Kier molecular flexibility index (Phi) is 7.25. The molecule has 0 bridgehead atoms. The van der Waals surface area contributed by atoms with Crippen molar-refractivity contribution in [3.05, 3.63) is 35.4 Å². The van der Waals surface area contributed by atoms with E-state index in [1.165, 1.54) is 0 Å². The summed E-state index contributed by atoms with van der Waals surface area (Å²) in [5.41, 5.74) is 1.46. The number of nitrogens with zero attached hydrogens (tertiary/aromatic N) is 1. The van der Waals surface area contributed by atoms with E-state index in [0.717, 1.165) is 5.56 Å². The second kappa shape index (κ2) is 8.92. The van der Waals surface area contributed by atoms with Crippen molar-refractivity contribution >= 4 is 17.8 Å². The monoisotopic (exact) mass is 320 g/mol. The molecule has 2 N–H and O–H groups in total. The molecule has 1 aromatic carbocycles. The number of carboxylic acid groups (broad SMARTS) is 1. The number of carbonyl (C=O) groups excluding carboxylic acids is 2. The molecule has 1 aromatic rings. The predicted molar refractivity (Wildman–Crippen MR) is 87.0 cm³/mol. The summed E-state index contributed by atoms with van der Waals surface area (Å²) < 4.78 is 0. The van der Waals surface area contributed by atoms with Crippen LogP contribution in [0.25, 0.3) is 0 Å². The topological polar surface area (TPSA) is 86.7 Å². The molecule has 6 heteroatoms. The Morgan fingerprint density at radius 3 is 2.30 bits per heavy atom. The van der Waals surface area contributed by atoms with Crippen molar-refractivity contribution in [2.75, 3.05) is 13.6 Å². The number of carboxylic acids is 1. The lowest BCUT2D eigenvalue weighted by atomic mass is 10.1. The highest BCUT2D eigenvalue weighted by atomic mass is 16.4. The van der Waals surface area contributed by atoms with Crippen LogP contribution >= 0.6 is 0 Å². The van der Waals surface area contributed by atoms with Crippen molar-refractivity contribution in [2.24, 2.45) is 5.92 Å². The number of hydrogen-bond donors (Lipinski definition) is 2. The van der Waals surface area contributed by atoms with Crippen LogP contribution in [0.15, 0.2) is 24.3 Å². The second-order valence-electron chi connectivity index (χ2n) is 5.80. The minimum Gasteiger partial charge on any atom is -0.481 e. The van der Waals surface area contributed by atoms with E-state index < -0.39 is 5.97 Å². The number of hydrogen-bond acceptors (Lipinski definition) is 3. The molecule has 0 spiro atoms. The van der Waals surface area contributed by atoms with Gasteiger partial charge < -0.3 is 15.3 Å². The first-order valence-electron chi connectivity index (χ1n) is 7.65. The zero-order valence-electron chi connectivity index (χ0n) is 13.8. The Bertz CT molecular complexity index is 552. The number of carbonyl (C=O) groups is 3. The Labute approximate surface area is 136 Å². The van der Waals surface area contributed by atoms with Gasteiger partial charge in [-0.1, -0.05) is 26.0 Å². The first-order chi connectivity index (χ1) is 10.8. The normalized spacial score (nSPS) is 10.4. The highest BCUT2D eigenvalue weighted by Gasteiger charge is 2.13. The van der Waals surface area contributed by atoms with Crippen LogP contribution in [-0.4, -0.2) is 41.4 Å². The van der Waals surface area contributed by atoms with Gasteiger partial charge in [-0.05, 0) is 24.1 Å². The molecule has 126 valence electrons. The van der Waals surface area contributed by atoms with Gasteiger partial charge in [-0.25, -0.2) is 0 Å². The summed E-state index contributed by atoms with van der Waals surface area (Å²) in [5.74, 6) is -1.07. The van der Waals surface area contributed by atoms with Gasteiger partial charge in [0.05, 0.1) is 0 Å². The summed E-state index contributed by atoms with van der Waals surface area (Å²) in [5, 5.41) is 11.2. The third-order valence-electron chi connectivity index (χ3n) is 3.36. The SMILES string of the molecule is CC(C)C(=O)N(C)Cc1ccc(C(=O)NCCCC(=O)O)cc1. The zero-order chi connectivity index (χ0) is 17.4. The molecule has 0 aliphatic rings. The lowest BCUT2D eigenvalue weighted by molar-refractivity contribution is -0.137. The van der Waals surface area contributed by atoms with E-state index in [4.69, 9.17) is 5.11 Å². The van der Waals surface area contributed by atoms with E-state index in [-0.39, 0.29) is 24.2 Å². The fourth-order valence-corrected chi connectivity index (χ4v) is 2.10. The lowest BCUT2D eigenvalue weighted by Gasteiger charge is -2.19. The molecule has 0 atom stereocenters. The van der Waals surface area contributed by atoms with Crippen LogP contribution in [-0.2, 0) is 16.1 Å². The van der Waals surface area contributed by atoms with Crippen molar-refractivity contribution in [3.63, 3.8) is 0 Å². The number of benzene rings is 1. The summed E-state index contributed by atoms with van der Waals surface area (Å²) in [4.78, 5) is 35.8. The Balaban J connectivity index is 2.51. The molecule has 0 radical (unpaired) electrons. The first-order valence-corrected chi connectivity index (χ1v) is 7.65. The van der Waals surface area contributed by atoms with Gasteiger partial charge in [0, 0.05) is 38.0 Å². The van der Waals surface area contributed by atoms with Crippen LogP contribution in [0.1, 0.15) is 42.6 Å². The smallest absolute Gasteiger partial charge is 0.303 e. The molecule has 0 heterocycles. The van der Waals surface area contributed by atoms with Crippen LogP contribution in [0.2, 0.25) is 0 Å². The van der Waals surface area contributed by atoms with Crippen molar-refractivity contribution < 1.29 is 19.5 Å². The number of nitrogens with one attached hydrogen (secondary N) is 1. The van der Waals surface area contributed by atoms with Crippen LogP contribution in [0, 0.1) is 5.92 Å². The number of aliphatic carboxylic acids is 1. The molecular weight excluding hydrogens is 296 g/mol. The molecule has 0 fully saturated rings. The van der Waals surface area contributed by atoms with Crippen LogP contribution in [0.5, 0.6) is 0 Å². The van der Waals surface area contributed by atoms with E-state index >= 15 is 0 Å². The average Bonchev–Trinajstić information content (AvgIpc) is 2.50. The first kappa shape index (κ1) is 18.7. The van der Waals surface area contributed by atoms with Gasteiger partial charge >= 0.3 is 5.97 Å². The fraction of sp³-hybridized carbons (Fsp3) is 0.471. The molecule has 0 aromatic heterocycles. The minimum absolute atomic E-state index is 0.0371. The summed E-state index contributed by atoms with van der Waals surface area (Å²) in [6.45, 7) is 4.54. The van der Waals surface area contributed by atoms with Gasteiger partial charge in [0.1, 0.15) is 0 Å². The largest absolute Gasteiger partial charge is 0.481 e. The summed E-state index contributed by atoms with van der Waals surface area (Å²) in [6, 6.07) is 7.04. The summed E-state index contributed by atoms with van der Waals surface area (Å²) >= 11 is 0. The summed E-state index contributed by atoms with van der Waals surface area (Å²) in [7, 11) is 1.76. The van der Waals surface area contributed by atoms with Crippen LogP contribution in [0.4, 0.5) is 0 Å². The third-order valence-corrected chi connectivity index (χ3v) is 3.36. The standard InChI is InChI=1S/C17H24N2O4/c1-12(2)17(23)19(3)11-13-6-8-14(9-7-13)16(22)18-10-4-5-15(20)21/h6-9,12H,4-5,10-11H2,1-3H3,(H,18,22)(H,20,21). The maximum absolute atomic E-state index is 11.9. The summed E-state index contributed by atoms with van der Waals surface area (Å²) in [6.07, 6.45) is 0.441. The van der Waals surface area contributed by atoms with E-state index in [0.29, 0.717) is 25.1 Å². The molecule has 1 rings (SSSR count). The second-order valence-corrected chi connectivity index (χ2v) is 5.80. The predicted octanol–water partition coefficient (Wildman–Crippen LogP) is 1.90. The van der Waals surface area contributed by atoms with Crippen LogP contribution in [0.3, 0.4) is 0 Å². The molecule has 0 aliphatic carbocycles. The zero-order valence-corrected chi connectivity index (χ0v) is 13.8. The molecule has 0 saturated carbocycles. The van der Waals surface area contributed by atoms with Crippen molar-refractivity contribution in [1.29, 1.82) is 0 Å². The maximum atomic E-state index is 11.9. The van der Waals surface area contributed by atoms with E-state index in [1.54, 1.807) is 24.1 Å². The van der Waals surface area contributed by atoms with Crippen molar-refractivity contribution in [3.8, 4) is 0 Å². The highest BCUT2D eigenvalue weighted by molar-refractivity contribution is 5.94. The highest BCUT2D eigenvalue weighted by Crippen LogP contribution is 2.09. The van der Waals surface area contributed by atoms with Gasteiger partial charge in [-0.15, -0.1) is 0 Å². The molecule has 0 unspecified atom stereocenters. The molecule has 0 saturated heterocycles. The van der Waals surface area contributed by atoms with Crippen molar-refractivity contribution in [2.45, 2.75) is 33.2 Å². The molecule has 2 amide bonds. The fourth-order valence-electron chi connectivity index (χ4n) is 2.10. The Hall–Kier alpha value is -2.37. The number of amides is 2. The lowest BCUT2D eigenvalue weighted by Crippen LogP contribution is -2.30. The van der Waals surface area contributed by atoms with Crippen molar-refractivity contribution in [1.82, 2.24) is 10.2 Å². The van der Waals surface area contributed by atoms with E-state index in [2.05, 4.69) is 5.32 Å². The Morgan fingerprint density at radius 2 is 1.78 bits per heavy atom.